The van der Waals surface area contributed by atoms with Crippen molar-refractivity contribution in [3.05, 3.63) is 35.9 Å². The van der Waals surface area contributed by atoms with Crippen LogP contribution >= 0.6 is 0 Å². The number of carbonyl (C=O) groups excluding carboxylic acids is 1. The van der Waals surface area contributed by atoms with Crippen LogP contribution in [0.15, 0.2) is 30.3 Å². The molecule has 2 atom stereocenters. The first kappa shape index (κ1) is 11.7. The van der Waals surface area contributed by atoms with E-state index in [0.29, 0.717) is 5.56 Å². The summed E-state index contributed by atoms with van der Waals surface area (Å²) in [4.78, 5) is 11.3. The van der Waals surface area contributed by atoms with Crippen LogP contribution in [0.1, 0.15) is 19.4 Å². The summed E-state index contributed by atoms with van der Waals surface area (Å²) in [6.07, 6.45) is 0. The van der Waals surface area contributed by atoms with Crippen molar-refractivity contribution in [1.82, 2.24) is 0 Å². The van der Waals surface area contributed by atoms with Crippen molar-refractivity contribution < 1.29 is 14.6 Å². The van der Waals surface area contributed by atoms with E-state index in [4.69, 9.17) is 0 Å². The van der Waals surface area contributed by atoms with Gasteiger partial charge in [0.1, 0.15) is 0 Å². The maximum absolute atomic E-state index is 11.3. The minimum Gasteiger partial charge on any atom is -0.469 e. The van der Waals surface area contributed by atoms with E-state index in [1.165, 1.54) is 7.11 Å². The third-order valence-corrected chi connectivity index (χ3v) is 2.76. The summed E-state index contributed by atoms with van der Waals surface area (Å²) in [7, 11) is 1.32. The predicted octanol–water partition coefficient (Wildman–Crippen LogP) is 1.70. The number of hydrogen-bond donors (Lipinski definition) is 1. The lowest BCUT2D eigenvalue weighted by Gasteiger charge is -2.28. The van der Waals surface area contributed by atoms with Crippen LogP contribution in [0.2, 0.25) is 0 Å². The van der Waals surface area contributed by atoms with Gasteiger partial charge in [0.25, 0.3) is 0 Å². The van der Waals surface area contributed by atoms with E-state index in [-0.39, 0.29) is 0 Å². The molecule has 0 saturated carbocycles. The standard InChI is InChI=1S/C12H16O3/c1-9(11(13)15-3)12(2,14)10-7-5-4-6-8-10/h4-9,14H,1-3H3/t9-,12+/m1/s1. The molecule has 1 aromatic carbocycles. The minimum absolute atomic E-state index is 0.413. The number of carbonyl (C=O) groups is 1. The molecule has 15 heavy (non-hydrogen) atoms. The summed E-state index contributed by atoms with van der Waals surface area (Å²) in [5.41, 5.74) is -0.489. The van der Waals surface area contributed by atoms with Crippen molar-refractivity contribution in [1.29, 1.82) is 0 Å². The van der Waals surface area contributed by atoms with Crippen LogP contribution in [-0.4, -0.2) is 18.2 Å². The lowest BCUT2D eigenvalue weighted by molar-refractivity contribution is -0.154. The van der Waals surface area contributed by atoms with Crippen molar-refractivity contribution in [2.75, 3.05) is 7.11 Å². The van der Waals surface area contributed by atoms with E-state index >= 15 is 0 Å². The Morgan fingerprint density at radius 3 is 2.40 bits per heavy atom. The monoisotopic (exact) mass is 208 g/mol. The van der Waals surface area contributed by atoms with E-state index in [1.54, 1.807) is 26.0 Å². The molecule has 0 spiro atoms. The van der Waals surface area contributed by atoms with Gasteiger partial charge < -0.3 is 9.84 Å². The first-order valence-corrected chi connectivity index (χ1v) is 4.86. The topological polar surface area (TPSA) is 46.5 Å². The fourth-order valence-corrected chi connectivity index (χ4v) is 1.43. The molecular formula is C12H16O3. The summed E-state index contributed by atoms with van der Waals surface area (Å²) in [6.45, 7) is 3.27. The molecule has 0 aliphatic heterocycles. The Morgan fingerprint density at radius 2 is 1.93 bits per heavy atom. The Balaban J connectivity index is 2.97. The highest BCUT2D eigenvalue weighted by Crippen LogP contribution is 2.29. The Labute approximate surface area is 89.7 Å². The van der Waals surface area contributed by atoms with Gasteiger partial charge in [0.05, 0.1) is 18.6 Å². The average Bonchev–Trinajstić information content (AvgIpc) is 2.28. The zero-order valence-corrected chi connectivity index (χ0v) is 9.23. The zero-order valence-electron chi connectivity index (χ0n) is 9.23. The lowest BCUT2D eigenvalue weighted by atomic mass is 9.84. The third kappa shape index (κ3) is 2.36. The van der Waals surface area contributed by atoms with E-state index in [9.17, 15) is 9.90 Å². The smallest absolute Gasteiger partial charge is 0.311 e. The summed E-state index contributed by atoms with van der Waals surface area (Å²) in [5, 5.41) is 10.3. The van der Waals surface area contributed by atoms with Crippen LogP contribution in [0.5, 0.6) is 0 Å². The molecule has 0 bridgehead atoms. The van der Waals surface area contributed by atoms with Gasteiger partial charge in [-0.25, -0.2) is 0 Å². The van der Waals surface area contributed by atoms with Crippen LogP contribution in [0, 0.1) is 5.92 Å². The van der Waals surface area contributed by atoms with Crippen LogP contribution < -0.4 is 0 Å². The number of esters is 1. The molecule has 82 valence electrons. The average molecular weight is 208 g/mol. The van der Waals surface area contributed by atoms with Gasteiger partial charge in [-0.3, -0.25) is 4.79 Å². The first-order valence-electron chi connectivity index (χ1n) is 4.86. The molecular weight excluding hydrogens is 192 g/mol. The molecule has 3 heteroatoms. The highest BCUT2D eigenvalue weighted by molar-refractivity contribution is 5.73. The van der Waals surface area contributed by atoms with Gasteiger partial charge in [-0.05, 0) is 19.4 Å². The Hall–Kier alpha value is -1.35. The lowest BCUT2D eigenvalue weighted by Crippen LogP contribution is -2.35. The number of ether oxygens (including phenoxy) is 1. The number of benzene rings is 1. The maximum atomic E-state index is 11.3. The fraction of sp³-hybridized carbons (Fsp3) is 0.417. The van der Waals surface area contributed by atoms with Crippen LogP contribution in [0.3, 0.4) is 0 Å². The molecule has 0 fully saturated rings. The molecule has 0 aliphatic rings. The summed E-state index contributed by atoms with van der Waals surface area (Å²) in [5.74, 6) is -1.01. The highest BCUT2D eigenvalue weighted by atomic mass is 16.5. The van der Waals surface area contributed by atoms with E-state index in [0.717, 1.165) is 0 Å². The van der Waals surface area contributed by atoms with Crippen LogP contribution in [-0.2, 0) is 15.1 Å². The van der Waals surface area contributed by atoms with Gasteiger partial charge in [-0.15, -0.1) is 0 Å². The van der Waals surface area contributed by atoms with E-state index in [2.05, 4.69) is 4.74 Å². The molecule has 0 radical (unpaired) electrons. The van der Waals surface area contributed by atoms with Crippen LogP contribution in [0.25, 0.3) is 0 Å². The number of methoxy groups -OCH3 is 1. The van der Waals surface area contributed by atoms with Crippen molar-refractivity contribution in [2.45, 2.75) is 19.4 Å². The molecule has 0 amide bonds. The number of hydrogen-bond acceptors (Lipinski definition) is 3. The van der Waals surface area contributed by atoms with Gasteiger partial charge in [-0.2, -0.15) is 0 Å². The Bertz CT molecular complexity index is 330. The molecule has 1 aromatic rings. The minimum atomic E-state index is -1.20. The van der Waals surface area contributed by atoms with Gasteiger partial charge in [0, 0.05) is 0 Å². The second-order valence-corrected chi connectivity index (χ2v) is 3.76. The number of rotatable bonds is 3. The van der Waals surface area contributed by atoms with Crippen LogP contribution in [0.4, 0.5) is 0 Å². The molecule has 3 nitrogen and oxygen atoms in total. The summed E-state index contributed by atoms with van der Waals surface area (Å²) < 4.78 is 4.62. The first-order chi connectivity index (χ1) is 7.00. The Kier molecular flexibility index (Phi) is 3.48. The third-order valence-electron chi connectivity index (χ3n) is 2.76. The maximum Gasteiger partial charge on any atom is 0.311 e. The second-order valence-electron chi connectivity index (χ2n) is 3.76. The van der Waals surface area contributed by atoms with Gasteiger partial charge in [0.2, 0.25) is 0 Å². The van der Waals surface area contributed by atoms with Crippen molar-refractivity contribution in [2.24, 2.45) is 5.92 Å². The van der Waals surface area contributed by atoms with Crippen molar-refractivity contribution in [3.63, 3.8) is 0 Å². The SMILES string of the molecule is COC(=O)[C@@H](C)[C@](C)(O)c1ccccc1. The van der Waals surface area contributed by atoms with Gasteiger partial charge >= 0.3 is 5.97 Å². The largest absolute Gasteiger partial charge is 0.469 e. The molecule has 1 N–H and O–H groups in total. The molecule has 0 heterocycles. The van der Waals surface area contributed by atoms with E-state index < -0.39 is 17.5 Å². The van der Waals surface area contributed by atoms with Gasteiger partial charge in [-0.1, -0.05) is 30.3 Å². The summed E-state index contributed by atoms with van der Waals surface area (Å²) >= 11 is 0. The van der Waals surface area contributed by atoms with E-state index in [1.807, 2.05) is 18.2 Å². The molecule has 0 saturated heterocycles. The second kappa shape index (κ2) is 4.45. The fourth-order valence-electron chi connectivity index (χ4n) is 1.43. The van der Waals surface area contributed by atoms with Crippen molar-refractivity contribution in [3.8, 4) is 0 Å². The predicted molar refractivity (Wildman–Crippen MR) is 57.2 cm³/mol. The van der Waals surface area contributed by atoms with Gasteiger partial charge in [0.15, 0.2) is 0 Å². The molecule has 1 rings (SSSR count). The number of aliphatic hydroxyl groups is 1. The molecule has 0 unspecified atom stereocenters. The zero-order chi connectivity index (χ0) is 11.5. The molecule has 0 aromatic heterocycles. The quantitative estimate of drug-likeness (QED) is 0.769. The van der Waals surface area contributed by atoms with Crippen molar-refractivity contribution >= 4 is 5.97 Å². The normalized spacial score (nSPS) is 16.5. The molecule has 0 aliphatic carbocycles. The Morgan fingerprint density at radius 1 is 1.40 bits per heavy atom. The highest BCUT2D eigenvalue weighted by Gasteiger charge is 2.35. The summed E-state index contributed by atoms with van der Waals surface area (Å²) in [6, 6.07) is 9.10.